The molecule has 1 saturated heterocycles. The van der Waals surface area contributed by atoms with Crippen molar-refractivity contribution in [2.45, 2.75) is 46.3 Å². The highest BCUT2D eigenvalue weighted by molar-refractivity contribution is 14.1. The summed E-state index contributed by atoms with van der Waals surface area (Å²) < 4.78 is 4.43. The fraction of sp³-hybridized carbons (Fsp3) is 0.440. The van der Waals surface area contributed by atoms with E-state index in [0.29, 0.717) is 6.54 Å². The maximum atomic E-state index is 13.4. The van der Waals surface area contributed by atoms with Crippen LogP contribution in [0.25, 0.3) is 21.8 Å². The molecule has 2 bridgehead atoms. The normalized spacial score (nSPS) is 25.8. The van der Waals surface area contributed by atoms with E-state index in [4.69, 9.17) is 0 Å². The molecule has 2 fully saturated rings. The minimum Gasteiger partial charge on any atom is -0.389 e. The van der Waals surface area contributed by atoms with Gasteiger partial charge in [-0.05, 0) is 99.8 Å². The smallest absolute Gasteiger partial charge is 0.235 e. The standard InChI is InChI=1S/C25H26I2N2O3/c1-24(2)19-8-9-25(24,3)23(32)29(22(19)31)13-16(30)12-28-20-6-4-14(26)10-17(20)18-11-15(27)5-7-21(18)28/h4-7,10-11,16,19,30H,8-9,12-13H2,1-3H3/t16-,19-,25+/m1/s1. The van der Waals surface area contributed by atoms with E-state index < -0.39 is 11.5 Å². The van der Waals surface area contributed by atoms with Gasteiger partial charge in [-0.25, -0.2) is 0 Å². The SMILES string of the molecule is CC1(C)[C@@H]2CC[C@@]1(C)C(=O)N(C[C@H](O)Cn1c3ccc(I)cc3c3cc(I)ccc31)C2=O. The first-order valence-corrected chi connectivity index (χ1v) is 13.1. The van der Waals surface area contributed by atoms with Gasteiger partial charge >= 0.3 is 0 Å². The van der Waals surface area contributed by atoms with E-state index in [1.54, 1.807) is 0 Å². The molecule has 1 saturated carbocycles. The second-order valence-electron chi connectivity index (χ2n) is 9.99. The molecule has 1 aromatic heterocycles. The number of halogens is 2. The summed E-state index contributed by atoms with van der Waals surface area (Å²) in [6, 6.07) is 12.6. The van der Waals surface area contributed by atoms with Crippen LogP contribution in [0.2, 0.25) is 0 Å². The highest BCUT2D eigenvalue weighted by Gasteiger charge is 2.64. The van der Waals surface area contributed by atoms with Crippen LogP contribution in [0.15, 0.2) is 36.4 Å². The van der Waals surface area contributed by atoms with Gasteiger partial charge in [-0.15, -0.1) is 0 Å². The lowest BCUT2D eigenvalue weighted by molar-refractivity contribution is -0.169. The van der Waals surface area contributed by atoms with Crippen molar-refractivity contribution in [1.82, 2.24) is 9.47 Å². The Morgan fingerprint density at radius 3 is 2.12 bits per heavy atom. The number of piperidine rings is 1. The molecular weight excluding hydrogens is 630 g/mol. The summed E-state index contributed by atoms with van der Waals surface area (Å²) in [6.07, 6.45) is 0.626. The molecule has 2 aromatic carbocycles. The Balaban J connectivity index is 1.48. The summed E-state index contributed by atoms with van der Waals surface area (Å²) in [5.74, 6) is -0.415. The van der Waals surface area contributed by atoms with Gasteiger partial charge < -0.3 is 9.67 Å². The molecule has 168 valence electrons. The van der Waals surface area contributed by atoms with E-state index in [2.05, 4.69) is 86.1 Å². The van der Waals surface area contributed by atoms with Gasteiger partial charge in [0, 0.05) is 34.9 Å². The Kier molecular flexibility index (Phi) is 5.41. The van der Waals surface area contributed by atoms with Crippen molar-refractivity contribution >= 4 is 78.8 Å². The molecule has 1 N–H and O–H groups in total. The van der Waals surface area contributed by atoms with Gasteiger partial charge in [0.1, 0.15) is 0 Å². The Morgan fingerprint density at radius 2 is 1.56 bits per heavy atom. The second kappa shape index (κ2) is 7.66. The van der Waals surface area contributed by atoms with Crippen LogP contribution < -0.4 is 0 Å². The molecular formula is C25H26I2N2O3. The molecule has 1 aliphatic carbocycles. The summed E-state index contributed by atoms with van der Waals surface area (Å²) in [5.41, 5.74) is 1.20. The van der Waals surface area contributed by atoms with Crippen molar-refractivity contribution in [3.05, 3.63) is 43.5 Å². The Bertz CT molecular complexity index is 1220. The van der Waals surface area contributed by atoms with E-state index in [1.165, 1.54) is 4.90 Å². The number of fused-ring (bicyclic) bond motifs is 5. The topological polar surface area (TPSA) is 62.5 Å². The molecule has 5 nitrogen and oxygen atoms in total. The van der Waals surface area contributed by atoms with Gasteiger partial charge in [-0.2, -0.15) is 0 Å². The number of nitrogens with zero attached hydrogens (tertiary/aromatic N) is 2. The molecule has 1 aliphatic heterocycles. The van der Waals surface area contributed by atoms with E-state index >= 15 is 0 Å². The number of carbonyl (C=O) groups is 2. The first-order chi connectivity index (χ1) is 15.0. The van der Waals surface area contributed by atoms with Crippen LogP contribution in [0, 0.1) is 23.9 Å². The summed E-state index contributed by atoms with van der Waals surface area (Å²) in [6.45, 7) is 6.42. The number of amides is 2. The van der Waals surface area contributed by atoms with Crippen LogP contribution in [0.4, 0.5) is 0 Å². The van der Waals surface area contributed by atoms with Crippen molar-refractivity contribution < 1.29 is 14.7 Å². The molecule has 0 unspecified atom stereocenters. The van der Waals surface area contributed by atoms with Gasteiger partial charge in [0.25, 0.3) is 0 Å². The third-order valence-electron chi connectivity index (χ3n) is 8.08. The average molecular weight is 656 g/mol. The number of aliphatic hydroxyl groups is 1. The van der Waals surface area contributed by atoms with Crippen LogP contribution in [0.3, 0.4) is 0 Å². The molecule has 2 amide bonds. The van der Waals surface area contributed by atoms with Gasteiger partial charge in [-0.3, -0.25) is 14.5 Å². The lowest BCUT2D eigenvalue weighted by atomic mass is 9.62. The zero-order chi connectivity index (χ0) is 23.0. The van der Waals surface area contributed by atoms with Crippen molar-refractivity contribution in [1.29, 1.82) is 0 Å². The van der Waals surface area contributed by atoms with Gasteiger partial charge in [0.15, 0.2) is 0 Å². The molecule has 0 radical (unpaired) electrons. The van der Waals surface area contributed by atoms with Gasteiger partial charge in [-0.1, -0.05) is 20.8 Å². The Hall–Kier alpha value is -1.20. The largest absolute Gasteiger partial charge is 0.389 e. The number of β-amino-alcohol motifs (C(OH)–C–C–N with tert-alkyl or cyclic N) is 1. The summed E-state index contributed by atoms with van der Waals surface area (Å²) in [5, 5.41) is 13.4. The van der Waals surface area contributed by atoms with Crippen molar-refractivity contribution in [2.75, 3.05) is 6.54 Å². The minimum absolute atomic E-state index is 0.0374. The molecule has 3 aromatic rings. The molecule has 32 heavy (non-hydrogen) atoms. The molecule has 3 atom stereocenters. The van der Waals surface area contributed by atoms with Crippen LogP contribution in [-0.4, -0.2) is 39.0 Å². The fourth-order valence-corrected chi connectivity index (χ4v) is 6.78. The van der Waals surface area contributed by atoms with Crippen LogP contribution in [-0.2, 0) is 16.1 Å². The predicted molar refractivity (Wildman–Crippen MR) is 142 cm³/mol. The number of aromatic nitrogens is 1. The van der Waals surface area contributed by atoms with E-state index in [1.807, 2.05) is 20.8 Å². The maximum Gasteiger partial charge on any atom is 0.235 e. The highest BCUT2D eigenvalue weighted by Crippen LogP contribution is 2.60. The van der Waals surface area contributed by atoms with Crippen LogP contribution in [0.5, 0.6) is 0 Å². The maximum absolute atomic E-state index is 13.4. The number of hydrogen-bond acceptors (Lipinski definition) is 3. The molecule has 5 rings (SSSR count). The summed E-state index contributed by atoms with van der Waals surface area (Å²) in [4.78, 5) is 27.9. The monoisotopic (exact) mass is 656 g/mol. The number of likely N-dealkylation sites (tertiary alicyclic amines) is 1. The number of imide groups is 1. The number of carbonyl (C=O) groups excluding carboxylic acids is 2. The minimum atomic E-state index is -0.843. The number of benzene rings is 2. The summed E-state index contributed by atoms with van der Waals surface area (Å²) in [7, 11) is 0. The lowest BCUT2D eigenvalue weighted by Gasteiger charge is -2.48. The zero-order valence-corrected chi connectivity index (χ0v) is 22.7. The molecule has 2 heterocycles. The molecule has 7 heteroatoms. The highest BCUT2D eigenvalue weighted by atomic mass is 127. The molecule has 2 aliphatic rings. The lowest BCUT2D eigenvalue weighted by Crippen LogP contribution is -2.60. The number of aliphatic hydroxyl groups excluding tert-OH is 1. The van der Waals surface area contributed by atoms with E-state index in [0.717, 1.165) is 41.8 Å². The van der Waals surface area contributed by atoms with Crippen molar-refractivity contribution in [3.8, 4) is 0 Å². The molecule has 0 spiro atoms. The van der Waals surface area contributed by atoms with Crippen LogP contribution in [0.1, 0.15) is 33.6 Å². The predicted octanol–water partition coefficient (Wildman–Crippen LogP) is 5.18. The number of hydrogen-bond donors (Lipinski definition) is 1. The Labute approximate surface area is 214 Å². The number of rotatable bonds is 4. The van der Waals surface area contributed by atoms with Crippen LogP contribution >= 0.6 is 45.2 Å². The first kappa shape index (κ1) is 22.6. The quantitative estimate of drug-likeness (QED) is 0.312. The Morgan fingerprint density at radius 1 is 1.00 bits per heavy atom. The zero-order valence-electron chi connectivity index (χ0n) is 18.4. The van der Waals surface area contributed by atoms with Gasteiger partial charge in [0.2, 0.25) is 11.8 Å². The third-order valence-corrected chi connectivity index (χ3v) is 9.43. The van der Waals surface area contributed by atoms with E-state index in [9.17, 15) is 14.7 Å². The van der Waals surface area contributed by atoms with Crippen molar-refractivity contribution in [2.24, 2.45) is 16.7 Å². The summed E-state index contributed by atoms with van der Waals surface area (Å²) >= 11 is 4.63. The average Bonchev–Trinajstić information content (AvgIpc) is 3.12. The van der Waals surface area contributed by atoms with Gasteiger partial charge in [0.05, 0.1) is 24.6 Å². The fourth-order valence-electron chi connectivity index (χ4n) is 5.80. The first-order valence-electron chi connectivity index (χ1n) is 11.0. The van der Waals surface area contributed by atoms with Crippen molar-refractivity contribution in [3.63, 3.8) is 0 Å². The third kappa shape index (κ3) is 3.17. The van der Waals surface area contributed by atoms with E-state index in [-0.39, 0.29) is 29.7 Å². The second-order valence-corrected chi connectivity index (χ2v) is 12.5.